The van der Waals surface area contributed by atoms with Crippen LogP contribution in [0.1, 0.15) is 16.1 Å². The van der Waals surface area contributed by atoms with Crippen molar-refractivity contribution in [2.45, 2.75) is 6.92 Å². The Labute approximate surface area is 120 Å². The third kappa shape index (κ3) is 2.53. The highest BCUT2D eigenvalue weighted by Crippen LogP contribution is 2.22. The number of ether oxygens (including phenoxy) is 1. The van der Waals surface area contributed by atoms with Crippen LogP contribution in [0, 0.1) is 6.92 Å². The summed E-state index contributed by atoms with van der Waals surface area (Å²) in [5, 5.41) is 9.73. The van der Waals surface area contributed by atoms with Gasteiger partial charge in [0.1, 0.15) is 12.1 Å². The van der Waals surface area contributed by atoms with Gasteiger partial charge in [-0.05, 0) is 31.2 Å². The summed E-state index contributed by atoms with van der Waals surface area (Å²) in [6, 6.07) is 7.32. The zero-order chi connectivity index (χ0) is 14.8. The zero-order valence-electron chi connectivity index (χ0n) is 11.5. The molecule has 21 heavy (non-hydrogen) atoms. The number of benzene rings is 1. The Balaban J connectivity index is 2.00. The minimum atomic E-state index is -0.290. The van der Waals surface area contributed by atoms with E-state index in [9.17, 15) is 4.79 Å². The maximum Gasteiger partial charge on any atom is 0.259 e. The highest BCUT2D eigenvalue weighted by atomic mass is 16.5. The summed E-state index contributed by atoms with van der Waals surface area (Å²) >= 11 is 0. The van der Waals surface area contributed by atoms with Gasteiger partial charge in [0.05, 0.1) is 23.9 Å². The molecule has 106 valence electrons. The first-order chi connectivity index (χ1) is 10.2. The van der Waals surface area contributed by atoms with Crippen LogP contribution < -0.4 is 10.1 Å². The summed E-state index contributed by atoms with van der Waals surface area (Å²) in [7, 11) is 1.60. The normalized spacial score (nSPS) is 10.6. The molecule has 3 rings (SSSR count). The summed E-state index contributed by atoms with van der Waals surface area (Å²) in [5.74, 6) is 0.723. The van der Waals surface area contributed by atoms with Crippen molar-refractivity contribution in [1.29, 1.82) is 0 Å². The van der Waals surface area contributed by atoms with Gasteiger partial charge in [-0.1, -0.05) is 0 Å². The van der Waals surface area contributed by atoms with E-state index in [1.54, 1.807) is 20.1 Å². The van der Waals surface area contributed by atoms with Gasteiger partial charge in [0, 0.05) is 5.39 Å². The predicted octanol–water partition coefficient (Wildman–Crippen LogP) is 1.92. The molecule has 0 aliphatic heterocycles. The lowest BCUT2D eigenvalue weighted by Gasteiger charge is -2.08. The highest BCUT2D eigenvalue weighted by Gasteiger charge is 2.13. The van der Waals surface area contributed by atoms with Crippen LogP contribution in [-0.2, 0) is 0 Å². The van der Waals surface area contributed by atoms with E-state index in [2.05, 4.69) is 25.5 Å². The van der Waals surface area contributed by atoms with E-state index in [4.69, 9.17) is 4.74 Å². The topological polar surface area (TPSA) is 92.8 Å². The summed E-state index contributed by atoms with van der Waals surface area (Å²) in [5.41, 5.74) is 1.93. The molecule has 2 N–H and O–H groups in total. The SMILES string of the molecule is COc1ccc2nc(C)c(C(=O)Nc3ncn[nH]3)cc2c1. The number of carbonyl (C=O) groups is 1. The van der Waals surface area contributed by atoms with Crippen molar-refractivity contribution >= 4 is 22.8 Å². The summed E-state index contributed by atoms with van der Waals surface area (Å²) < 4.78 is 5.19. The number of H-pyrrole nitrogens is 1. The lowest BCUT2D eigenvalue weighted by atomic mass is 10.1. The lowest BCUT2D eigenvalue weighted by molar-refractivity contribution is 0.102. The number of methoxy groups -OCH3 is 1. The number of pyridine rings is 1. The summed E-state index contributed by atoms with van der Waals surface area (Å²) in [4.78, 5) is 20.6. The molecular formula is C14H13N5O2. The monoisotopic (exact) mass is 283 g/mol. The molecule has 0 aliphatic carbocycles. The second-order valence-corrected chi connectivity index (χ2v) is 4.47. The molecule has 0 fully saturated rings. The van der Waals surface area contributed by atoms with Crippen LogP contribution in [-0.4, -0.2) is 33.2 Å². The molecule has 0 unspecified atom stereocenters. The van der Waals surface area contributed by atoms with Crippen LogP contribution in [0.3, 0.4) is 0 Å². The molecular weight excluding hydrogens is 270 g/mol. The molecule has 2 aromatic heterocycles. The van der Waals surface area contributed by atoms with Crippen LogP contribution >= 0.6 is 0 Å². The number of aryl methyl sites for hydroxylation is 1. The fourth-order valence-corrected chi connectivity index (χ4v) is 2.05. The van der Waals surface area contributed by atoms with Gasteiger partial charge in [0.2, 0.25) is 5.95 Å². The Morgan fingerprint density at radius 1 is 1.33 bits per heavy atom. The Kier molecular flexibility index (Phi) is 3.23. The van der Waals surface area contributed by atoms with Gasteiger partial charge >= 0.3 is 0 Å². The molecule has 2 heterocycles. The first-order valence-electron chi connectivity index (χ1n) is 6.29. The number of aromatic nitrogens is 4. The summed E-state index contributed by atoms with van der Waals surface area (Å²) in [6.07, 6.45) is 1.33. The van der Waals surface area contributed by atoms with Crippen molar-refractivity contribution in [3.05, 3.63) is 41.9 Å². The van der Waals surface area contributed by atoms with Crippen LogP contribution in [0.5, 0.6) is 5.75 Å². The zero-order valence-corrected chi connectivity index (χ0v) is 11.5. The molecule has 1 amide bonds. The van der Waals surface area contributed by atoms with Crippen LogP contribution in [0.4, 0.5) is 5.95 Å². The molecule has 7 nitrogen and oxygen atoms in total. The number of anilines is 1. The van der Waals surface area contributed by atoms with Crippen molar-refractivity contribution in [3.63, 3.8) is 0 Å². The van der Waals surface area contributed by atoms with Gasteiger partial charge in [-0.2, -0.15) is 10.1 Å². The number of aromatic amines is 1. The maximum absolute atomic E-state index is 12.3. The van der Waals surface area contributed by atoms with E-state index in [0.717, 1.165) is 16.7 Å². The average molecular weight is 283 g/mol. The van der Waals surface area contributed by atoms with E-state index in [-0.39, 0.29) is 5.91 Å². The van der Waals surface area contributed by atoms with Crippen LogP contribution in [0.2, 0.25) is 0 Å². The highest BCUT2D eigenvalue weighted by molar-refractivity contribution is 6.06. The predicted molar refractivity (Wildman–Crippen MR) is 77.4 cm³/mol. The number of nitrogens with zero attached hydrogens (tertiary/aromatic N) is 3. The summed E-state index contributed by atoms with van der Waals surface area (Å²) in [6.45, 7) is 1.79. The molecule has 0 saturated carbocycles. The fraction of sp³-hybridized carbons (Fsp3) is 0.143. The maximum atomic E-state index is 12.3. The Morgan fingerprint density at radius 2 is 2.19 bits per heavy atom. The van der Waals surface area contributed by atoms with Gasteiger partial charge in [0.15, 0.2) is 0 Å². The number of hydrogen-bond donors (Lipinski definition) is 2. The standard InChI is InChI=1S/C14H13N5O2/c1-8-11(13(20)18-14-15-7-16-19-14)6-9-5-10(21-2)3-4-12(9)17-8/h3-7H,1-2H3,(H2,15,16,18,19,20). The average Bonchev–Trinajstić information content (AvgIpc) is 2.98. The minimum Gasteiger partial charge on any atom is -0.497 e. The van der Waals surface area contributed by atoms with Crippen LogP contribution in [0.25, 0.3) is 10.9 Å². The molecule has 7 heteroatoms. The second kappa shape index (κ2) is 5.20. The van der Waals surface area contributed by atoms with Gasteiger partial charge < -0.3 is 4.74 Å². The number of rotatable bonds is 3. The third-order valence-corrected chi connectivity index (χ3v) is 3.10. The fourth-order valence-electron chi connectivity index (χ4n) is 2.05. The molecule has 0 saturated heterocycles. The Morgan fingerprint density at radius 3 is 2.90 bits per heavy atom. The minimum absolute atomic E-state index is 0.290. The van der Waals surface area contributed by atoms with Crippen molar-refractivity contribution in [3.8, 4) is 5.75 Å². The molecule has 0 spiro atoms. The van der Waals surface area contributed by atoms with E-state index < -0.39 is 0 Å². The van der Waals surface area contributed by atoms with E-state index in [1.165, 1.54) is 6.33 Å². The molecule has 0 aliphatic rings. The van der Waals surface area contributed by atoms with E-state index >= 15 is 0 Å². The Bertz CT molecular complexity index is 798. The van der Waals surface area contributed by atoms with Crippen LogP contribution in [0.15, 0.2) is 30.6 Å². The second-order valence-electron chi connectivity index (χ2n) is 4.47. The molecule has 0 bridgehead atoms. The van der Waals surface area contributed by atoms with E-state index in [0.29, 0.717) is 17.2 Å². The number of amides is 1. The number of nitrogens with one attached hydrogen (secondary N) is 2. The molecule has 3 aromatic rings. The smallest absolute Gasteiger partial charge is 0.259 e. The Hall–Kier alpha value is -2.96. The number of hydrogen-bond acceptors (Lipinski definition) is 5. The first kappa shape index (κ1) is 13.0. The molecule has 0 atom stereocenters. The lowest BCUT2D eigenvalue weighted by Crippen LogP contribution is -2.15. The molecule has 1 aromatic carbocycles. The van der Waals surface area contributed by atoms with Crippen molar-refractivity contribution in [2.24, 2.45) is 0 Å². The number of fused-ring (bicyclic) bond motifs is 1. The van der Waals surface area contributed by atoms with Gasteiger partial charge in [-0.3, -0.25) is 15.1 Å². The van der Waals surface area contributed by atoms with Gasteiger partial charge in [-0.25, -0.2) is 5.10 Å². The number of carbonyl (C=O) groups excluding carboxylic acids is 1. The first-order valence-corrected chi connectivity index (χ1v) is 6.29. The quantitative estimate of drug-likeness (QED) is 0.766. The van der Waals surface area contributed by atoms with Crippen molar-refractivity contribution in [2.75, 3.05) is 12.4 Å². The van der Waals surface area contributed by atoms with Crippen molar-refractivity contribution < 1.29 is 9.53 Å². The third-order valence-electron chi connectivity index (χ3n) is 3.10. The van der Waals surface area contributed by atoms with E-state index in [1.807, 2.05) is 18.2 Å². The van der Waals surface area contributed by atoms with Gasteiger partial charge in [-0.15, -0.1) is 0 Å². The van der Waals surface area contributed by atoms with Gasteiger partial charge in [0.25, 0.3) is 5.91 Å². The van der Waals surface area contributed by atoms with Crippen molar-refractivity contribution in [1.82, 2.24) is 20.2 Å². The molecule has 0 radical (unpaired) electrons. The largest absolute Gasteiger partial charge is 0.497 e.